The van der Waals surface area contributed by atoms with E-state index in [1.165, 1.54) is 0 Å². The summed E-state index contributed by atoms with van der Waals surface area (Å²) in [6.45, 7) is 5.40. The van der Waals surface area contributed by atoms with E-state index in [-0.39, 0.29) is 19.0 Å². The van der Waals surface area contributed by atoms with E-state index >= 15 is 0 Å². The molecule has 0 saturated carbocycles. The molecule has 24 heavy (non-hydrogen) atoms. The van der Waals surface area contributed by atoms with E-state index in [0.29, 0.717) is 13.0 Å². The van der Waals surface area contributed by atoms with Crippen molar-refractivity contribution in [1.29, 1.82) is 0 Å². The Balaban J connectivity index is 1.53. The van der Waals surface area contributed by atoms with Gasteiger partial charge >= 0.3 is 0 Å². The van der Waals surface area contributed by atoms with Gasteiger partial charge in [-0.1, -0.05) is 6.07 Å². The Hall–Kier alpha value is -2.41. The molecule has 3 rings (SSSR count). The molecule has 1 amide bonds. The van der Waals surface area contributed by atoms with E-state index in [9.17, 15) is 9.90 Å². The number of hydrogen-bond donors (Lipinski definition) is 2. The number of nitrogens with zero attached hydrogens (tertiary/aromatic N) is 4. The number of hydrogen-bond acceptors (Lipinski definition) is 5. The molecule has 2 aromatic heterocycles. The number of β-amino-alcohol motifs (C(OH)–C–C–N with tert-alkyl or cyclic N) is 1. The molecular formula is C17H23N5O2. The average molecular weight is 329 g/mol. The minimum Gasteiger partial charge on any atom is -0.386 e. The molecule has 0 radical (unpaired) electrons. The zero-order valence-corrected chi connectivity index (χ0v) is 14.1. The highest BCUT2D eigenvalue weighted by atomic mass is 16.3. The third kappa shape index (κ3) is 3.73. The molecule has 1 aliphatic heterocycles. The minimum absolute atomic E-state index is 0.147. The highest BCUT2D eigenvalue weighted by Gasteiger charge is 2.36. The summed E-state index contributed by atoms with van der Waals surface area (Å²) in [4.78, 5) is 18.5. The predicted octanol–water partition coefficient (Wildman–Crippen LogP) is 0.653. The summed E-state index contributed by atoms with van der Waals surface area (Å²) in [5.41, 5.74) is 0.909. The van der Waals surface area contributed by atoms with Crippen LogP contribution in [-0.2, 0) is 11.3 Å². The van der Waals surface area contributed by atoms with Gasteiger partial charge in [-0.05, 0) is 38.5 Å². The van der Waals surface area contributed by atoms with Gasteiger partial charge in [0.25, 0.3) is 0 Å². The van der Waals surface area contributed by atoms with Crippen molar-refractivity contribution in [3.05, 3.63) is 41.9 Å². The van der Waals surface area contributed by atoms with Crippen LogP contribution in [0.1, 0.15) is 17.8 Å². The lowest BCUT2D eigenvalue weighted by atomic mass is 10.0. The van der Waals surface area contributed by atoms with Crippen molar-refractivity contribution >= 4 is 11.7 Å². The molecule has 3 heterocycles. The SMILES string of the molecule is Cc1cc(C)n(CC(=O)NCC2(O)CCN(c3ccccn3)C2)n1. The molecule has 1 aliphatic rings. The first-order chi connectivity index (χ1) is 11.5. The van der Waals surface area contributed by atoms with Gasteiger partial charge in [-0.25, -0.2) is 4.98 Å². The van der Waals surface area contributed by atoms with E-state index in [2.05, 4.69) is 15.4 Å². The first-order valence-corrected chi connectivity index (χ1v) is 8.11. The van der Waals surface area contributed by atoms with Crippen LogP contribution in [0.5, 0.6) is 0 Å². The van der Waals surface area contributed by atoms with Crippen LogP contribution in [0.25, 0.3) is 0 Å². The molecule has 1 saturated heterocycles. The van der Waals surface area contributed by atoms with Gasteiger partial charge in [0.2, 0.25) is 5.91 Å². The van der Waals surface area contributed by atoms with Crippen LogP contribution in [-0.4, -0.2) is 51.0 Å². The third-order valence-corrected chi connectivity index (χ3v) is 4.32. The topological polar surface area (TPSA) is 83.3 Å². The molecule has 2 N–H and O–H groups in total. The highest BCUT2D eigenvalue weighted by molar-refractivity contribution is 5.75. The van der Waals surface area contributed by atoms with Crippen LogP contribution in [0.15, 0.2) is 30.5 Å². The Morgan fingerprint density at radius 1 is 1.42 bits per heavy atom. The maximum absolute atomic E-state index is 12.1. The van der Waals surface area contributed by atoms with Crippen LogP contribution >= 0.6 is 0 Å². The third-order valence-electron chi connectivity index (χ3n) is 4.32. The summed E-state index contributed by atoms with van der Waals surface area (Å²) in [5, 5.41) is 17.8. The summed E-state index contributed by atoms with van der Waals surface area (Å²) in [7, 11) is 0. The lowest BCUT2D eigenvalue weighted by molar-refractivity contribution is -0.123. The number of rotatable bonds is 5. The highest BCUT2D eigenvalue weighted by Crippen LogP contribution is 2.24. The Morgan fingerprint density at radius 2 is 2.25 bits per heavy atom. The molecule has 1 atom stereocenters. The second-order valence-corrected chi connectivity index (χ2v) is 6.45. The van der Waals surface area contributed by atoms with Gasteiger partial charge in [0.05, 0.1) is 5.69 Å². The first-order valence-electron chi connectivity index (χ1n) is 8.11. The normalized spacial score (nSPS) is 20.4. The summed E-state index contributed by atoms with van der Waals surface area (Å²) in [6, 6.07) is 7.65. The van der Waals surface area contributed by atoms with Crippen molar-refractivity contribution in [2.24, 2.45) is 0 Å². The quantitative estimate of drug-likeness (QED) is 0.842. The van der Waals surface area contributed by atoms with Crippen molar-refractivity contribution in [3.8, 4) is 0 Å². The zero-order chi connectivity index (χ0) is 17.2. The number of aliphatic hydroxyl groups is 1. The van der Waals surface area contributed by atoms with E-state index in [0.717, 1.165) is 23.8 Å². The fourth-order valence-electron chi connectivity index (χ4n) is 3.03. The standard InChI is InChI=1S/C17H23N5O2/c1-13-9-14(2)22(20-13)10-16(23)19-11-17(24)6-8-21(12-17)15-5-3-4-7-18-15/h3-5,7,9,24H,6,8,10-12H2,1-2H3,(H,19,23). The molecule has 0 spiro atoms. The summed E-state index contributed by atoms with van der Waals surface area (Å²) >= 11 is 0. The summed E-state index contributed by atoms with van der Waals surface area (Å²) in [6.07, 6.45) is 2.34. The van der Waals surface area contributed by atoms with Gasteiger partial charge in [-0.2, -0.15) is 5.10 Å². The predicted molar refractivity (Wildman–Crippen MR) is 90.7 cm³/mol. The van der Waals surface area contributed by atoms with Crippen LogP contribution in [0.4, 0.5) is 5.82 Å². The Bertz CT molecular complexity index is 715. The van der Waals surface area contributed by atoms with Gasteiger partial charge in [-0.3, -0.25) is 9.48 Å². The van der Waals surface area contributed by atoms with Crippen molar-refractivity contribution in [1.82, 2.24) is 20.1 Å². The van der Waals surface area contributed by atoms with Crippen LogP contribution in [0.2, 0.25) is 0 Å². The van der Waals surface area contributed by atoms with Crippen molar-refractivity contribution in [2.75, 3.05) is 24.5 Å². The second-order valence-electron chi connectivity index (χ2n) is 6.45. The molecule has 7 heteroatoms. The number of aromatic nitrogens is 3. The van der Waals surface area contributed by atoms with E-state index < -0.39 is 5.60 Å². The maximum Gasteiger partial charge on any atom is 0.241 e. The smallest absolute Gasteiger partial charge is 0.241 e. The summed E-state index contributed by atoms with van der Waals surface area (Å²) < 4.78 is 1.67. The number of carbonyl (C=O) groups excluding carboxylic acids is 1. The van der Waals surface area contributed by atoms with Gasteiger partial charge in [-0.15, -0.1) is 0 Å². The number of pyridine rings is 1. The Kier molecular flexibility index (Phi) is 4.53. The zero-order valence-electron chi connectivity index (χ0n) is 14.1. The minimum atomic E-state index is -0.928. The van der Waals surface area contributed by atoms with Crippen molar-refractivity contribution < 1.29 is 9.90 Å². The first kappa shape index (κ1) is 16.4. The van der Waals surface area contributed by atoms with Crippen LogP contribution in [0, 0.1) is 13.8 Å². The van der Waals surface area contributed by atoms with E-state index in [4.69, 9.17) is 0 Å². The molecule has 1 unspecified atom stereocenters. The summed E-state index contributed by atoms with van der Waals surface area (Å²) in [5.74, 6) is 0.702. The fourth-order valence-corrected chi connectivity index (χ4v) is 3.03. The lowest BCUT2D eigenvalue weighted by Crippen LogP contribution is -2.45. The number of nitrogens with one attached hydrogen (secondary N) is 1. The molecule has 1 fully saturated rings. The Labute approximate surface area is 141 Å². The molecule has 2 aromatic rings. The fraction of sp³-hybridized carbons (Fsp3) is 0.471. The van der Waals surface area contributed by atoms with Crippen molar-refractivity contribution in [3.63, 3.8) is 0 Å². The molecule has 128 valence electrons. The number of amides is 1. The van der Waals surface area contributed by atoms with Gasteiger partial charge in [0.15, 0.2) is 0 Å². The number of carbonyl (C=O) groups is 1. The van der Waals surface area contributed by atoms with Crippen LogP contribution in [0.3, 0.4) is 0 Å². The number of aryl methyl sites for hydroxylation is 2. The lowest BCUT2D eigenvalue weighted by Gasteiger charge is -2.24. The largest absolute Gasteiger partial charge is 0.386 e. The molecule has 0 aliphatic carbocycles. The van der Waals surface area contributed by atoms with E-state index in [1.54, 1.807) is 10.9 Å². The second kappa shape index (κ2) is 6.60. The Morgan fingerprint density at radius 3 is 2.92 bits per heavy atom. The molecule has 0 aromatic carbocycles. The van der Waals surface area contributed by atoms with Gasteiger partial charge < -0.3 is 15.3 Å². The monoisotopic (exact) mass is 329 g/mol. The molecule has 0 bridgehead atoms. The molecular weight excluding hydrogens is 306 g/mol. The van der Waals surface area contributed by atoms with E-state index in [1.807, 2.05) is 43.0 Å². The maximum atomic E-state index is 12.1. The van der Waals surface area contributed by atoms with Gasteiger partial charge in [0.1, 0.15) is 18.0 Å². The average Bonchev–Trinajstić information content (AvgIpc) is 3.10. The van der Waals surface area contributed by atoms with Crippen molar-refractivity contribution in [2.45, 2.75) is 32.4 Å². The van der Waals surface area contributed by atoms with Gasteiger partial charge in [0, 0.05) is 31.5 Å². The molecule has 7 nitrogen and oxygen atoms in total. The van der Waals surface area contributed by atoms with Crippen LogP contribution < -0.4 is 10.2 Å². The number of anilines is 1.